The first-order valence-corrected chi connectivity index (χ1v) is 10.2. The summed E-state index contributed by atoms with van der Waals surface area (Å²) in [5.41, 5.74) is 2.97. The van der Waals surface area contributed by atoms with Gasteiger partial charge in [0, 0.05) is 15.6 Å². The van der Waals surface area contributed by atoms with E-state index >= 15 is 0 Å². The molecule has 0 amide bonds. The molecule has 2 aromatic carbocycles. The number of carbonyl (C=O) groups excluding carboxylic acids is 1. The molecule has 0 aromatic heterocycles. The van der Waals surface area contributed by atoms with E-state index in [-0.39, 0.29) is 23.2 Å². The van der Waals surface area contributed by atoms with Crippen molar-refractivity contribution < 1.29 is 19.4 Å². The summed E-state index contributed by atoms with van der Waals surface area (Å²) in [6.07, 6.45) is 0. The Morgan fingerprint density at radius 1 is 1.24 bits per heavy atom. The molecule has 7 heteroatoms. The number of hydrogen-bond acceptors (Lipinski definition) is 4. The van der Waals surface area contributed by atoms with Gasteiger partial charge in [0.2, 0.25) is 0 Å². The molecule has 0 spiro atoms. The molecule has 0 saturated carbocycles. The zero-order chi connectivity index (χ0) is 18.1. The zero-order valence-electron chi connectivity index (χ0n) is 13.3. The number of carbonyl (C=O) groups is 1. The Balaban J connectivity index is 1.95. The van der Waals surface area contributed by atoms with Gasteiger partial charge in [0.15, 0.2) is 12.6 Å². The average molecular weight is 535 g/mol. The maximum absolute atomic E-state index is 12.9. The molecule has 2 aromatic rings. The molecule has 0 aliphatic carbocycles. The van der Waals surface area contributed by atoms with E-state index in [1.807, 2.05) is 19.1 Å². The minimum Gasteiger partial charge on any atom is -0.507 e. The first-order valence-electron chi connectivity index (χ1n) is 7.53. The molecule has 1 N–H and O–H groups in total. The van der Waals surface area contributed by atoms with Crippen LogP contribution < -0.4 is 4.74 Å². The van der Waals surface area contributed by atoms with E-state index in [4.69, 9.17) is 9.47 Å². The van der Waals surface area contributed by atoms with Gasteiger partial charge in [-0.2, -0.15) is 0 Å². The number of fused-ring (bicyclic) bond motifs is 1. The molecule has 25 heavy (non-hydrogen) atoms. The Hall–Kier alpha value is -0.890. The highest BCUT2D eigenvalue weighted by molar-refractivity contribution is 9.12. The van der Waals surface area contributed by atoms with E-state index in [2.05, 4.69) is 47.8 Å². The maximum Gasteiger partial charge on any atom is 0.189 e. The topological polar surface area (TPSA) is 55.8 Å². The Morgan fingerprint density at radius 3 is 2.76 bits per heavy atom. The smallest absolute Gasteiger partial charge is 0.189 e. The molecule has 1 aliphatic rings. The molecule has 3 rings (SSSR count). The number of phenols is 1. The Labute approximate surface area is 170 Å². The summed E-state index contributed by atoms with van der Waals surface area (Å²) in [7, 11) is 0. The van der Waals surface area contributed by atoms with E-state index in [0.29, 0.717) is 12.2 Å². The number of hydrogen-bond donors (Lipinski definition) is 1. The van der Waals surface area contributed by atoms with Crippen LogP contribution in [-0.4, -0.2) is 22.5 Å². The minimum absolute atomic E-state index is 0.0272. The molecule has 4 nitrogen and oxygen atoms in total. The molecule has 0 radical (unpaired) electrons. The van der Waals surface area contributed by atoms with Gasteiger partial charge < -0.3 is 14.6 Å². The summed E-state index contributed by atoms with van der Waals surface area (Å²) >= 11 is 10.6. The van der Waals surface area contributed by atoms with E-state index < -0.39 is 4.83 Å². The summed E-state index contributed by atoms with van der Waals surface area (Å²) in [5.74, 6) is 0.492. The minimum atomic E-state index is -0.579. The van der Waals surface area contributed by atoms with Crippen molar-refractivity contribution in [3.05, 3.63) is 57.1 Å². The number of alkyl halides is 2. The molecule has 0 bridgehead atoms. The highest BCUT2D eigenvalue weighted by atomic mass is 79.9. The number of ether oxygens (including phenoxy) is 2. The highest BCUT2D eigenvalue weighted by Crippen LogP contribution is 2.43. The number of phenolic OH excluding ortho intramolecular Hbond substituents is 1. The van der Waals surface area contributed by atoms with Gasteiger partial charge in [0.1, 0.15) is 11.5 Å². The van der Waals surface area contributed by atoms with Crippen LogP contribution in [0.25, 0.3) is 0 Å². The van der Waals surface area contributed by atoms with Crippen molar-refractivity contribution in [2.75, 3.05) is 6.79 Å². The fraction of sp³-hybridized carbons (Fsp3) is 0.278. The monoisotopic (exact) mass is 532 g/mol. The Kier molecular flexibility index (Phi) is 5.88. The molecular weight excluding hydrogens is 520 g/mol. The maximum atomic E-state index is 12.9. The normalized spacial score (nSPS) is 15.8. The van der Waals surface area contributed by atoms with Crippen LogP contribution in [0, 0.1) is 6.92 Å². The quantitative estimate of drug-likeness (QED) is 0.421. The van der Waals surface area contributed by atoms with Gasteiger partial charge in [-0.15, -0.1) is 0 Å². The predicted octanol–water partition coefficient (Wildman–Crippen LogP) is 5.41. The van der Waals surface area contributed by atoms with Gasteiger partial charge in [-0.05, 0) is 31.2 Å². The summed E-state index contributed by atoms with van der Waals surface area (Å²) < 4.78 is 11.9. The zero-order valence-corrected chi connectivity index (χ0v) is 18.0. The first-order chi connectivity index (χ1) is 11.9. The third-order valence-electron chi connectivity index (χ3n) is 3.93. The largest absolute Gasteiger partial charge is 0.507 e. The number of ketones is 1. The number of Topliss-reactive ketones (excluding diaryl/α,β-unsaturated/α-hetero) is 1. The molecule has 0 unspecified atom stereocenters. The Bertz CT molecular complexity index is 822. The predicted molar refractivity (Wildman–Crippen MR) is 106 cm³/mol. The van der Waals surface area contributed by atoms with Crippen LogP contribution in [-0.2, 0) is 11.3 Å². The standard InChI is InChI=1S/C18H15Br3O4/c1-9-2-3-14(22)12(4-9)17(23)16(21)15(20)13-6-11(19)5-10-7-24-8-25-18(10)13/h2-6,15-16,22H,7-8H2,1H3/t15-,16+/m1/s1. The van der Waals surface area contributed by atoms with Crippen LogP contribution in [0.1, 0.15) is 31.9 Å². The van der Waals surface area contributed by atoms with Gasteiger partial charge in [0.05, 0.1) is 21.8 Å². The molecular formula is C18H15Br3O4. The van der Waals surface area contributed by atoms with Crippen LogP contribution in [0.4, 0.5) is 0 Å². The van der Waals surface area contributed by atoms with Crippen LogP contribution in [0.5, 0.6) is 11.5 Å². The van der Waals surface area contributed by atoms with E-state index in [1.165, 1.54) is 6.07 Å². The Morgan fingerprint density at radius 2 is 2.00 bits per heavy atom. The third-order valence-corrected chi connectivity index (χ3v) is 7.06. The number of aryl methyl sites for hydroxylation is 1. The molecule has 1 aliphatic heterocycles. The van der Waals surface area contributed by atoms with Crippen molar-refractivity contribution in [3.63, 3.8) is 0 Å². The van der Waals surface area contributed by atoms with Crippen molar-refractivity contribution in [2.45, 2.75) is 23.2 Å². The van der Waals surface area contributed by atoms with Crippen LogP contribution >= 0.6 is 47.8 Å². The molecule has 0 saturated heterocycles. The molecule has 1 heterocycles. The van der Waals surface area contributed by atoms with E-state index in [1.54, 1.807) is 12.1 Å². The SMILES string of the molecule is Cc1ccc(O)c(C(=O)[C@@H](Br)[C@H](Br)c2cc(Br)cc3c2OCOC3)c1. The van der Waals surface area contributed by atoms with E-state index in [0.717, 1.165) is 26.9 Å². The van der Waals surface area contributed by atoms with Gasteiger partial charge in [-0.1, -0.05) is 59.4 Å². The number of benzene rings is 2. The van der Waals surface area contributed by atoms with Gasteiger partial charge in [-0.25, -0.2) is 0 Å². The third kappa shape index (κ3) is 3.94. The van der Waals surface area contributed by atoms with Crippen LogP contribution in [0.15, 0.2) is 34.8 Å². The van der Waals surface area contributed by atoms with Crippen LogP contribution in [0.3, 0.4) is 0 Å². The van der Waals surface area contributed by atoms with E-state index in [9.17, 15) is 9.90 Å². The van der Waals surface area contributed by atoms with Crippen molar-refractivity contribution in [2.24, 2.45) is 0 Å². The second-order valence-corrected chi connectivity index (χ2v) is 8.67. The summed E-state index contributed by atoms with van der Waals surface area (Å²) in [6.45, 7) is 2.52. The highest BCUT2D eigenvalue weighted by Gasteiger charge is 2.31. The summed E-state index contributed by atoms with van der Waals surface area (Å²) in [4.78, 5) is 11.9. The number of halogens is 3. The molecule has 2 atom stereocenters. The molecule has 132 valence electrons. The van der Waals surface area contributed by atoms with Gasteiger partial charge in [0.25, 0.3) is 0 Å². The summed E-state index contributed by atoms with van der Waals surface area (Å²) in [6, 6.07) is 8.84. The number of rotatable bonds is 4. The number of aromatic hydroxyl groups is 1. The van der Waals surface area contributed by atoms with Crippen molar-refractivity contribution >= 4 is 53.6 Å². The lowest BCUT2D eigenvalue weighted by atomic mass is 9.98. The second-order valence-electron chi connectivity index (χ2n) is 5.78. The lowest BCUT2D eigenvalue weighted by Crippen LogP contribution is -2.21. The lowest BCUT2D eigenvalue weighted by Gasteiger charge is -2.25. The fourth-order valence-corrected chi connectivity index (χ4v) is 4.33. The summed E-state index contributed by atoms with van der Waals surface area (Å²) in [5, 5.41) is 10.0. The van der Waals surface area contributed by atoms with Crippen molar-refractivity contribution in [1.29, 1.82) is 0 Å². The van der Waals surface area contributed by atoms with Crippen molar-refractivity contribution in [3.8, 4) is 11.5 Å². The van der Waals surface area contributed by atoms with Gasteiger partial charge >= 0.3 is 0 Å². The fourth-order valence-electron chi connectivity index (χ4n) is 2.70. The lowest BCUT2D eigenvalue weighted by molar-refractivity contribution is -0.0170. The average Bonchev–Trinajstić information content (AvgIpc) is 2.61. The first kappa shape index (κ1) is 18.9. The van der Waals surface area contributed by atoms with Crippen LogP contribution in [0.2, 0.25) is 0 Å². The van der Waals surface area contributed by atoms with Gasteiger partial charge in [-0.3, -0.25) is 4.79 Å². The molecule has 0 fully saturated rings. The van der Waals surface area contributed by atoms with Crippen molar-refractivity contribution in [1.82, 2.24) is 0 Å². The second kappa shape index (κ2) is 7.78.